The summed E-state index contributed by atoms with van der Waals surface area (Å²) in [4.78, 5) is 14.8. The minimum Gasteiger partial charge on any atom is -0.421 e. The van der Waals surface area contributed by atoms with Crippen LogP contribution in [0.1, 0.15) is 0 Å². The van der Waals surface area contributed by atoms with E-state index in [1.807, 2.05) is 22.6 Å². The highest BCUT2D eigenvalue weighted by molar-refractivity contribution is 14.1. The molecule has 0 aromatic carbocycles. The number of ether oxygens (including phenoxy) is 2. The van der Waals surface area contributed by atoms with Crippen molar-refractivity contribution in [3.63, 3.8) is 0 Å². The van der Waals surface area contributed by atoms with Crippen LogP contribution in [0.5, 0.6) is 5.75 Å². The third-order valence-corrected chi connectivity index (χ3v) is 1.91. The molecule has 1 aromatic heterocycles. The number of carbonyl (C=O) groups excluding carboxylic acids is 1. The maximum Gasteiger partial charge on any atom is 0.514 e. The number of aromatic nitrogens is 1. The predicted octanol–water partition coefficient (Wildman–Crippen LogP) is 2.65. The molecule has 0 aliphatic heterocycles. The van der Waals surface area contributed by atoms with Crippen LogP contribution >= 0.6 is 34.2 Å². The number of hydrogen-bond donors (Lipinski definition) is 0. The van der Waals surface area contributed by atoms with Crippen LogP contribution in [0.3, 0.4) is 0 Å². The van der Waals surface area contributed by atoms with E-state index < -0.39 is 6.16 Å². The standard InChI is InChI=1S/C9H5ClINO3/c10-8-7(3-1-5-12-8)15-9(13)14-6-2-4-11/h1,3,5H,6H2. The Morgan fingerprint density at radius 2 is 2.47 bits per heavy atom. The van der Waals surface area contributed by atoms with Gasteiger partial charge in [0.1, 0.15) is 0 Å². The molecule has 0 radical (unpaired) electrons. The number of pyridine rings is 1. The molecule has 0 unspecified atom stereocenters. The minimum atomic E-state index is -0.857. The molecule has 0 saturated carbocycles. The van der Waals surface area contributed by atoms with Gasteiger partial charge in [-0.1, -0.05) is 17.5 Å². The van der Waals surface area contributed by atoms with Crippen molar-refractivity contribution in [1.82, 2.24) is 4.98 Å². The average molecular weight is 338 g/mol. The van der Waals surface area contributed by atoms with Gasteiger partial charge in [0.05, 0.1) is 0 Å². The first-order valence-electron chi connectivity index (χ1n) is 3.77. The van der Waals surface area contributed by atoms with E-state index in [1.165, 1.54) is 12.3 Å². The molecule has 0 amide bonds. The number of nitrogens with zero attached hydrogens (tertiary/aromatic N) is 1. The van der Waals surface area contributed by atoms with Crippen molar-refractivity contribution in [1.29, 1.82) is 0 Å². The number of hydrogen-bond acceptors (Lipinski definition) is 4. The van der Waals surface area contributed by atoms with Gasteiger partial charge in [-0.2, -0.15) is 0 Å². The SMILES string of the molecule is O=C(OCC#CI)Oc1cccnc1Cl. The average Bonchev–Trinajstić information content (AvgIpc) is 2.22. The summed E-state index contributed by atoms with van der Waals surface area (Å²) < 4.78 is 11.9. The van der Waals surface area contributed by atoms with E-state index in [0.717, 1.165) is 0 Å². The number of carbonyl (C=O) groups is 1. The molecule has 0 atom stereocenters. The first-order chi connectivity index (χ1) is 7.24. The summed E-state index contributed by atoms with van der Waals surface area (Å²) in [6, 6.07) is 3.11. The van der Waals surface area contributed by atoms with Crippen molar-refractivity contribution in [2.24, 2.45) is 0 Å². The molecule has 0 aliphatic carbocycles. The van der Waals surface area contributed by atoms with E-state index >= 15 is 0 Å². The van der Waals surface area contributed by atoms with Crippen LogP contribution in [0.2, 0.25) is 5.15 Å². The molecule has 1 aromatic rings. The molecule has 0 aliphatic rings. The minimum absolute atomic E-state index is 0.0142. The van der Waals surface area contributed by atoms with Crippen molar-refractivity contribution in [2.75, 3.05) is 6.61 Å². The third kappa shape index (κ3) is 4.36. The smallest absolute Gasteiger partial charge is 0.421 e. The van der Waals surface area contributed by atoms with Gasteiger partial charge in [-0.05, 0) is 16.1 Å². The van der Waals surface area contributed by atoms with Crippen LogP contribution in [0, 0.1) is 9.85 Å². The fourth-order valence-electron chi connectivity index (χ4n) is 0.689. The third-order valence-electron chi connectivity index (χ3n) is 1.25. The molecule has 1 heterocycles. The fraction of sp³-hybridized carbons (Fsp3) is 0.111. The molecule has 0 fully saturated rings. The molecule has 0 N–H and O–H groups in total. The summed E-state index contributed by atoms with van der Waals surface area (Å²) in [7, 11) is 0. The predicted molar refractivity (Wildman–Crippen MR) is 63.0 cm³/mol. The molecule has 6 heteroatoms. The second-order valence-electron chi connectivity index (χ2n) is 2.20. The first kappa shape index (κ1) is 12.1. The van der Waals surface area contributed by atoms with Crippen LogP contribution in [-0.4, -0.2) is 17.7 Å². The van der Waals surface area contributed by atoms with Gasteiger partial charge in [0.2, 0.25) is 0 Å². The summed E-state index contributed by atoms with van der Waals surface area (Å²) in [5.74, 6) is 2.70. The zero-order valence-corrected chi connectivity index (χ0v) is 10.3. The molecular weight excluding hydrogens is 332 g/mol. The Labute approximate surface area is 105 Å². The molecule has 4 nitrogen and oxygen atoms in total. The lowest BCUT2D eigenvalue weighted by molar-refractivity contribution is 0.111. The van der Waals surface area contributed by atoms with Gasteiger partial charge < -0.3 is 9.47 Å². The van der Waals surface area contributed by atoms with Crippen LogP contribution in [0.25, 0.3) is 0 Å². The highest BCUT2D eigenvalue weighted by Gasteiger charge is 2.08. The second kappa shape index (κ2) is 6.48. The van der Waals surface area contributed by atoms with Crippen molar-refractivity contribution >= 4 is 40.3 Å². The maximum absolute atomic E-state index is 11.0. The normalized spacial score (nSPS) is 8.67. The highest BCUT2D eigenvalue weighted by Crippen LogP contribution is 2.20. The van der Waals surface area contributed by atoms with E-state index in [1.54, 1.807) is 6.07 Å². The van der Waals surface area contributed by atoms with Crippen molar-refractivity contribution in [2.45, 2.75) is 0 Å². The van der Waals surface area contributed by atoms with Gasteiger partial charge in [0.15, 0.2) is 17.5 Å². The molecular formula is C9H5ClINO3. The second-order valence-corrected chi connectivity index (χ2v) is 3.10. The summed E-state index contributed by atoms with van der Waals surface area (Å²) >= 11 is 7.50. The fourth-order valence-corrected chi connectivity index (χ4v) is 1.00. The van der Waals surface area contributed by atoms with Crippen LogP contribution in [-0.2, 0) is 4.74 Å². The van der Waals surface area contributed by atoms with E-state index in [0.29, 0.717) is 0 Å². The topological polar surface area (TPSA) is 48.4 Å². The van der Waals surface area contributed by atoms with Gasteiger partial charge in [0.25, 0.3) is 0 Å². The number of halogens is 2. The van der Waals surface area contributed by atoms with E-state index in [9.17, 15) is 4.79 Å². The Hall–Kier alpha value is -1.00. The van der Waals surface area contributed by atoms with E-state index in [2.05, 4.69) is 19.6 Å². The van der Waals surface area contributed by atoms with Crippen LogP contribution < -0.4 is 4.74 Å². The summed E-state index contributed by atoms with van der Waals surface area (Å²) in [6.45, 7) is -0.0142. The lowest BCUT2D eigenvalue weighted by Crippen LogP contribution is -2.11. The van der Waals surface area contributed by atoms with Crippen LogP contribution in [0.4, 0.5) is 4.79 Å². The van der Waals surface area contributed by atoms with Crippen molar-refractivity contribution < 1.29 is 14.3 Å². The molecule has 1 rings (SSSR count). The first-order valence-corrected chi connectivity index (χ1v) is 5.23. The maximum atomic E-state index is 11.0. The molecule has 78 valence electrons. The van der Waals surface area contributed by atoms with E-state index in [-0.39, 0.29) is 17.5 Å². The molecule has 0 bridgehead atoms. The summed E-state index contributed by atoms with van der Waals surface area (Å²) in [5.41, 5.74) is 0. The van der Waals surface area contributed by atoms with Gasteiger partial charge in [-0.25, -0.2) is 9.78 Å². The van der Waals surface area contributed by atoms with Gasteiger partial charge >= 0.3 is 6.16 Å². The van der Waals surface area contributed by atoms with Crippen molar-refractivity contribution in [3.05, 3.63) is 23.5 Å². The van der Waals surface area contributed by atoms with Crippen LogP contribution in [0.15, 0.2) is 18.3 Å². The Morgan fingerprint density at radius 1 is 1.67 bits per heavy atom. The van der Waals surface area contributed by atoms with Gasteiger partial charge in [-0.15, -0.1) is 0 Å². The molecule has 0 spiro atoms. The monoisotopic (exact) mass is 337 g/mol. The largest absolute Gasteiger partial charge is 0.514 e. The summed E-state index contributed by atoms with van der Waals surface area (Å²) in [5, 5.41) is 0.106. The lowest BCUT2D eigenvalue weighted by Gasteiger charge is -2.03. The highest BCUT2D eigenvalue weighted by atomic mass is 127. The Balaban J connectivity index is 2.50. The van der Waals surface area contributed by atoms with Crippen molar-refractivity contribution in [3.8, 4) is 15.6 Å². The van der Waals surface area contributed by atoms with Gasteiger partial charge in [0, 0.05) is 28.8 Å². The quantitative estimate of drug-likeness (QED) is 0.360. The Morgan fingerprint density at radius 3 is 3.13 bits per heavy atom. The zero-order valence-electron chi connectivity index (χ0n) is 7.37. The number of rotatable bonds is 2. The Bertz CT molecular complexity index is 413. The van der Waals surface area contributed by atoms with Gasteiger partial charge in [-0.3, -0.25) is 0 Å². The summed E-state index contributed by atoms with van der Waals surface area (Å²) in [6.07, 6.45) is 0.631. The molecule has 15 heavy (non-hydrogen) atoms. The lowest BCUT2D eigenvalue weighted by atomic mass is 10.5. The zero-order chi connectivity index (χ0) is 11.1. The molecule has 0 saturated heterocycles. The Kier molecular flexibility index (Phi) is 5.21. The van der Waals surface area contributed by atoms with E-state index in [4.69, 9.17) is 16.3 Å².